The van der Waals surface area contributed by atoms with Crippen molar-refractivity contribution in [1.29, 1.82) is 0 Å². The number of ketones is 1. The fraction of sp³-hybridized carbons (Fsp3) is 0.800. The third kappa shape index (κ3) is 5.41. The van der Waals surface area contributed by atoms with Gasteiger partial charge in [-0.3, -0.25) is 4.79 Å². The first-order valence-electron chi connectivity index (χ1n) is 6.99. The Morgan fingerprint density at radius 1 is 1.37 bits per heavy atom. The van der Waals surface area contributed by atoms with E-state index in [1.165, 1.54) is 0 Å². The van der Waals surface area contributed by atoms with Crippen LogP contribution in [0.2, 0.25) is 0 Å². The maximum Gasteiger partial charge on any atom is 0.167 e. The van der Waals surface area contributed by atoms with Crippen molar-refractivity contribution in [2.24, 2.45) is 5.92 Å². The topological polar surface area (TPSA) is 52.6 Å². The van der Waals surface area contributed by atoms with Gasteiger partial charge in [0, 0.05) is 25.6 Å². The van der Waals surface area contributed by atoms with E-state index < -0.39 is 5.60 Å². The zero-order chi connectivity index (χ0) is 14.9. The fourth-order valence-corrected chi connectivity index (χ4v) is 2.05. The molecule has 0 bridgehead atoms. The van der Waals surface area contributed by atoms with Gasteiger partial charge in [-0.05, 0) is 33.6 Å². The van der Waals surface area contributed by atoms with Crippen LogP contribution in [0.4, 0.5) is 0 Å². The van der Waals surface area contributed by atoms with E-state index in [-0.39, 0.29) is 17.8 Å². The van der Waals surface area contributed by atoms with Gasteiger partial charge in [0.2, 0.25) is 0 Å². The first-order valence-corrected chi connectivity index (χ1v) is 6.99. The Balaban J connectivity index is 4.82. The van der Waals surface area contributed by atoms with E-state index in [1.807, 2.05) is 13.8 Å². The van der Waals surface area contributed by atoms with Crippen molar-refractivity contribution < 1.29 is 19.1 Å². The Labute approximate surface area is 116 Å². The average molecular weight is 271 g/mol. The van der Waals surface area contributed by atoms with Crippen LogP contribution >= 0.6 is 0 Å². The lowest BCUT2D eigenvalue weighted by atomic mass is 9.87. The predicted molar refractivity (Wildman–Crippen MR) is 74.9 cm³/mol. The van der Waals surface area contributed by atoms with E-state index in [0.717, 1.165) is 6.29 Å². The van der Waals surface area contributed by atoms with Gasteiger partial charge in [-0.25, -0.2) is 0 Å². The summed E-state index contributed by atoms with van der Waals surface area (Å²) in [5, 5.41) is 0. The highest BCUT2D eigenvalue weighted by atomic mass is 16.6. The number of Topliss-reactive ketones (excluding diaryl/α,β-unsaturated/α-hetero) is 1. The summed E-state index contributed by atoms with van der Waals surface area (Å²) >= 11 is 0. The largest absolute Gasteiger partial charge is 0.375 e. The van der Waals surface area contributed by atoms with Crippen LogP contribution in [0.5, 0.6) is 0 Å². The molecule has 4 nitrogen and oxygen atoms in total. The highest BCUT2D eigenvalue weighted by molar-refractivity contribution is 5.87. The van der Waals surface area contributed by atoms with E-state index in [9.17, 15) is 9.59 Å². The molecule has 0 spiro atoms. The SMILES string of the molecule is [CH2]CC(OCC)C(C)(OCC)C(=O)CCC(C)C=O. The number of carbonyl (C=O) groups excluding carboxylic acids is 2. The normalized spacial score (nSPS) is 17.5. The number of hydrogen-bond acceptors (Lipinski definition) is 4. The molecule has 0 fully saturated rings. The van der Waals surface area contributed by atoms with Gasteiger partial charge in [0.15, 0.2) is 5.78 Å². The summed E-state index contributed by atoms with van der Waals surface area (Å²) in [6, 6.07) is 0. The van der Waals surface area contributed by atoms with Crippen LogP contribution in [-0.4, -0.2) is 37.0 Å². The van der Waals surface area contributed by atoms with Crippen LogP contribution in [0.3, 0.4) is 0 Å². The molecule has 3 atom stereocenters. The van der Waals surface area contributed by atoms with Gasteiger partial charge < -0.3 is 14.3 Å². The molecule has 1 radical (unpaired) electrons. The van der Waals surface area contributed by atoms with Crippen molar-refractivity contribution >= 4 is 12.1 Å². The summed E-state index contributed by atoms with van der Waals surface area (Å²) in [5.74, 6) is -0.134. The summed E-state index contributed by atoms with van der Waals surface area (Å²) in [5.41, 5.74) is -0.977. The Kier molecular flexibility index (Phi) is 8.85. The first-order chi connectivity index (χ1) is 8.96. The van der Waals surface area contributed by atoms with Gasteiger partial charge in [0.25, 0.3) is 0 Å². The molecular weight excluding hydrogens is 244 g/mol. The molecule has 0 rings (SSSR count). The molecule has 0 amide bonds. The number of ether oxygens (including phenoxy) is 2. The molecule has 0 aliphatic carbocycles. The van der Waals surface area contributed by atoms with E-state index in [2.05, 4.69) is 6.92 Å². The Hall–Kier alpha value is -0.740. The lowest BCUT2D eigenvalue weighted by molar-refractivity contribution is -0.165. The van der Waals surface area contributed by atoms with Gasteiger partial charge in [0.1, 0.15) is 11.9 Å². The summed E-state index contributed by atoms with van der Waals surface area (Å²) < 4.78 is 11.2. The Morgan fingerprint density at radius 2 is 2.00 bits per heavy atom. The quantitative estimate of drug-likeness (QED) is 0.542. The van der Waals surface area contributed by atoms with E-state index in [1.54, 1.807) is 13.8 Å². The zero-order valence-electron chi connectivity index (χ0n) is 12.6. The van der Waals surface area contributed by atoms with Crippen LogP contribution in [-0.2, 0) is 19.1 Å². The van der Waals surface area contributed by atoms with Gasteiger partial charge in [-0.15, -0.1) is 0 Å². The van der Waals surface area contributed by atoms with Crippen LogP contribution < -0.4 is 0 Å². The Bertz CT molecular complexity index is 277. The number of hydrogen-bond donors (Lipinski definition) is 0. The third-order valence-corrected chi connectivity index (χ3v) is 3.30. The molecule has 111 valence electrons. The molecular formula is C15H27O4. The van der Waals surface area contributed by atoms with Crippen molar-refractivity contribution in [1.82, 2.24) is 0 Å². The highest BCUT2D eigenvalue weighted by Gasteiger charge is 2.41. The standard InChI is InChI=1S/C15H27O4/c1-6-14(18-7-2)15(5,19-8-3)13(17)10-9-12(4)11-16/h11-12,14H,1,6-10H2,2-5H3. The van der Waals surface area contributed by atoms with Gasteiger partial charge in [0.05, 0.1) is 6.10 Å². The second kappa shape index (κ2) is 9.21. The minimum Gasteiger partial charge on any atom is -0.375 e. The molecule has 0 heterocycles. The number of aldehydes is 1. The monoisotopic (exact) mass is 271 g/mol. The lowest BCUT2D eigenvalue weighted by Crippen LogP contribution is -2.50. The third-order valence-electron chi connectivity index (χ3n) is 3.30. The van der Waals surface area contributed by atoms with Gasteiger partial charge in [-0.1, -0.05) is 13.8 Å². The minimum absolute atomic E-state index is 0.0230. The van der Waals surface area contributed by atoms with Gasteiger partial charge >= 0.3 is 0 Å². The van der Waals surface area contributed by atoms with Crippen LogP contribution in [0.15, 0.2) is 0 Å². The Morgan fingerprint density at radius 3 is 2.42 bits per heavy atom. The zero-order valence-corrected chi connectivity index (χ0v) is 12.6. The van der Waals surface area contributed by atoms with Crippen LogP contribution in [0.1, 0.15) is 47.0 Å². The second-order valence-electron chi connectivity index (χ2n) is 4.85. The molecule has 0 aliphatic heterocycles. The number of rotatable bonds is 11. The molecule has 0 aliphatic rings. The average Bonchev–Trinajstić information content (AvgIpc) is 2.41. The van der Waals surface area contributed by atoms with Crippen molar-refractivity contribution in [2.75, 3.05) is 13.2 Å². The first kappa shape index (κ1) is 18.3. The summed E-state index contributed by atoms with van der Waals surface area (Å²) in [7, 11) is 0. The maximum absolute atomic E-state index is 12.4. The van der Waals surface area contributed by atoms with E-state index in [0.29, 0.717) is 32.5 Å². The molecule has 19 heavy (non-hydrogen) atoms. The smallest absolute Gasteiger partial charge is 0.167 e. The maximum atomic E-state index is 12.4. The molecule has 0 aromatic rings. The molecule has 0 aromatic heterocycles. The van der Waals surface area contributed by atoms with Crippen molar-refractivity contribution in [3.8, 4) is 0 Å². The van der Waals surface area contributed by atoms with Crippen LogP contribution in [0, 0.1) is 12.8 Å². The van der Waals surface area contributed by atoms with Gasteiger partial charge in [-0.2, -0.15) is 0 Å². The van der Waals surface area contributed by atoms with E-state index in [4.69, 9.17) is 9.47 Å². The molecule has 0 saturated carbocycles. The number of carbonyl (C=O) groups is 2. The lowest BCUT2D eigenvalue weighted by Gasteiger charge is -2.35. The van der Waals surface area contributed by atoms with Crippen molar-refractivity contribution in [2.45, 2.75) is 58.7 Å². The summed E-state index contributed by atoms with van der Waals surface area (Å²) in [4.78, 5) is 23.0. The van der Waals surface area contributed by atoms with E-state index >= 15 is 0 Å². The minimum atomic E-state index is -0.977. The molecule has 0 aromatic carbocycles. The van der Waals surface area contributed by atoms with Crippen LogP contribution in [0.25, 0.3) is 0 Å². The predicted octanol–water partition coefficient (Wildman–Crippen LogP) is 2.60. The molecule has 0 N–H and O–H groups in total. The van der Waals surface area contributed by atoms with Crippen molar-refractivity contribution in [3.63, 3.8) is 0 Å². The fourth-order valence-electron chi connectivity index (χ4n) is 2.05. The second-order valence-corrected chi connectivity index (χ2v) is 4.85. The summed E-state index contributed by atoms with van der Waals surface area (Å²) in [6.45, 7) is 12.1. The van der Waals surface area contributed by atoms with Crippen molar-refractivity contribution in [3.05, 3.63) is 6.92 Å². The highest BCUT2D eigenvalue weighted by Crippen LogP contribution is 2.25. The summed E-state index contributed by atoms with van der Waals surface area (Å²) in [6.07, 6.45) is 1.85. The molecule has 3 unspecified atom stereocenters. The molecule has 4 heteroatoms. The molecule has 0 saturated heterocycles.